The van der Waals surface area contributed by atoms with E-state index in [1.165, 1.54) is 22.0 Å². The number of anilines is 2. The lowest BCUT2D eigenvalue weighted by Gasteiger charge is -2.23. The summed E-state index contributed by atoms with van der Waals surface area (Å²) in [6.07, 6.45) is 4.61. The van der Waals surface area contributed by atoms with Crippen molar-refractivity contribution in [1.82, 2.24) is 9.55 Å². The Balaban J connectivity index is 1.30. The Morgan fingerprint density at radius 2 is 1.87 bits per heavy atom. The molecular formula is C28H28N4O6. The smallest absolute Gasteiger partial charge is 0.330 e. The number of esters is 1. The van der Waals surface area contributed by atoms with E-state index in [2.05, 4.69) is 11.1 Å². The summed E-state index contributed by atoms with van der Waals surface area (Å²) in [4.78, 5) is 54.1. The number of aromatic amines is 1. The molecule has 0 fully saturated rings. The molecule has 38 heavy (non-hydrogen) atoms. The van der Waals surface area contributed by atoms with E-state index in [4.69, 9.17) is 14.9 Å². The average molecular weight is 517 g/mol. The second kappa shape index (κ2) is 10.4. The van der Waals surface area contributed by atoms with Gasteiger partial charge in [-0.15, -0.1) is 0 Å². The maximum absolute atomic E-state index is 13.0. The van der Waals surface area contributed by atoms with E-state index >= 15 is 0 Å². The number of aryl methyl sites for hydroxylation is 2. The number of amides is 1. The molecule has 196 valence electrons. The van der Waals surface area contributed by atoms with Gasteiger partial charge in [-0.1, -0.05) is 30.3 Å². The number of rotatable bonds is 8. The number of nitrogens with zero attached hydrogens (tertiary/aromatic N) is 2. The van der Waals surface area contributed by atoms with Gasteiger partial charge in [0.15, 0.2) is 12.3 Å². The third-order valence-corrected chi connectivity index (χ3v) is 6.84. The number of hydrogen-bond acceptors (Lipinski definition) is 7. The Morgan fingerprint density at radius 3 is 2.61 bits per heavy atom. The number of H-pyrrole nitrogens is 1. The Bertz CT molecular complexity index is 1630. The average Bonchev–Trinajstić information content (AvgIpc) is 3.53. The number of benzene rings is 2. The number of carbonyl (C=O) groups is 2. The van der Waals surface area contributed by atoms with Gasteiger partial charge in [-0.2, -0.15) is 0 Å². The van der Waals surface area contributed by atoms with Gasteiger partial charge in [0.05, 0.1) is 19.2 Å². The molecule has 4 aromatic rings. The fourth-order valence-corrected chi connectivity index (χ4v) is 4.93. The Morgan fingerprint density at radius 1 is 1.13 bits per heavy atom. The number of hydrogen-bond donors (Lipinski definition) is 2. The van der Waals surface area contributed by atoms with Gasteiger partial charge >= 0.3 is 11.7 Å². The van der Waals surface area contributed by atoms with E-state index in [1.807, 2.05) is 36.4 Å². The molecule has 2 aromatic heterocycles. The van der Waals surface area contributed by atoms with Gasteiger partial charge in [0.2, 0.25) is 0 Å². The molecule has 5 rings (SSSR count). The highest BCUT2D eigenvalue weighted by atomic mass is 16.5. The standard InChI is InChI=1S/C28H28N4O6/c1-2-31(25-26(29)32(28(36)30-27(25)35)14-17-7-4-3-5-8-17)23(33)16-38-24(34)13-20-15-37-22-12-19-10-6-9-18(19)11-21(20)22/h3-5,7-8,11-12,15H,2,6,9-10,13-14,16,29H2,1H3,(H,30,35,36). The van der Waals surface area contributed by atoms with Gasteiger partial charge in [0.1, 0.15) is 11.4 Å². The van der Waals surface area contributed by atoms with Gasteiger partial charge in [0.25, 0.3) is 11.5 Å². The number of likely N-dealkylation sites (N-methyl/N-ethyl adjacent to an activating group) is 1. The molecule has 0 bridgehead atoms. The zero-order chi connectivity index (χ0) is 26.8. The van der Waals surface area contributed by atoms with Crippen LogP contribution in [0.4, 0.5) is 11.5 Å². The topological polar surface area (TPSA) is 141 Å². The molecule has 10 heteroatoms. The van der Waals surface area contributed by atoms with Crippen LogP contribution in [0.25, 0.3) is 11.0 Å². The molecule has 0 unspecified atom stereocenters. The van der Waals surface area contributed by atoms with Crippen LogP contribution < -0.4 is 21.9 Å². The molecule has 0 saturated heterocycles. The second-order valence-corrected chi connectivity index (χ2v) is 9.27. The second-order valence-electron chi connectivity index (χ2n) is 9.27. The molecule has 1 aliphatic carbocycles. The first kappa shape index (κ1) is 25.1. The predicted molar refractivity (Wildman–Crippen MR) is 142 cm³/mol. The van der Waals surface area contributed by atoms with E-state index in [-0.39, 0.29) is 31.0 Å². The summed E-state index contributed by atoms with van der Waals surface area (Å²) in [5.74, 6) is -1.40. The zero-order valence-corrected chi connectivity index (χ0v) is 21.0. The summed E-state index contributed by atoms with van der Waals surface area (Å²) in [7, 11) is 0. The van der Waals surface area contributed by atoms with Crippen LogP contribution >= 0.6 is 0 Å². The summed E-state index contributed by atoms with van der Waals surface area (Å²) in [5, 5.41) is 0.865. The van der Waals surface area contributed by atoms with Gasteiger partial charge < -0.3 is 19.8 Å². The quantitative estimate of drug-likeness (QED) is 0.343. The fraction of sp³-hybridized carbons (Fsp3) is 0.286. The van der Waals surface area contributed by atoms with E-state index in [0.29, 0.717) is 5.56 Å². The summed E-state index contributed by atoms with van der Waals surface area (Å²) in [6, 6.07) is 13.2. The summed E-state index contributed by atoms with van der Waals surface area (Å²) < 4.78 is 12.1. The minimum absolute atomic E-state index is 0.0597. The minimum Gasteiger partial charge on any atom is -0.464 e. The Hall–Kier alpha value is -4.60. The maximum atomic E-state index is 13.0. The zero-order valence-electron chi connectivity index (χ0n) is 21.0. The van der Waals surface area contributed by atoms with Crippen molar-refractivity contribution in [2.45, 2.75) is 39.2 Å². The molecule has 1 amide bonds. The first-order valence-corrected chi connectivity index (χ1v) is 12.5. The van der Waals surface area contributed by atoms with Crippen molar-refractivity contribution in [2.24, 2.45) is 0 Å². The van der Waals surface area contributed by atoms with E-state index in [0.717, 1.165) is 40.7 Å². The normalized spacial score (nSPS) is 12.4. The highest BCUT2D eigenvalue weighted by Crippen LogP contribution is 2.30. The Kier molecular flexibility index (Phi) is 6.87. The molecule has 2 aromatic carbocycles. The number of carbonyl (C=O) groups excluding carboxylic acids is 2. The number of fused-ring (bicyclic) bond motifs is 2. The lowest BCUT2D eigenvalue weighted by molar-refractivity contribution is -0.147. The van der Waals surface area contributed by atoms with Gasteiger partial charge in [-0.05, 0) is 55.0 Å². The van der Waals surface area contributed by atoms with Crippen molar-refractivity contribution in [3.05, 3.63) is 91.8 Å². The van der Waals surface area contributed by atoms with E-state index < -0.39 is 29.7 Å². The molecule has 0 aliphatic heterocycles. The summed E-state index contributed by atoms with van der Waals surface area (Å²) >= 11 is 0. The van der Waals surface area contributed by atoms with Gasteiger partial charge in [-0.25, -0.2) is 4.79 Å². The van der Waals surface area contributed by atoms with E-state index in [1.54, 1.807) is 6.92 Å². The number of nitrogens with one attached hydrogen (secondary N) is 1. The molecule has 0 saturated carbocycles. The van der Waals surface area contributed by atoms with Crippen molar-refractivity contribution >= 4 is 34.4 Å². The number of ether oxygens (including phenoxy) is 1. The Labute approximate surface area is 217 Å². The van der Waals surface area contributed by atoms with Crippen LogP contribution in [0.1, 0.15) is 35.6 Å². The van der Waals surface area contributed by atoms with Crippen LogP contribution in [0.2, 0.25) is 0 Å². The third kappa shape index (κ3) is 4.84. The van der Waals surface area contributed by atoms with Crippen LogP contribution in [0.3, 0.4) is 0 Å². The lowest BCUT2D eigenvalue weighted by Crippen LogP contribution is -2.42. The maximum Gasteiger partial charge on any atom is 0.330 e. The van der Waals surface area contributed by atoms with Crippen LogP contribution in [0, 0.1) is 0 Å². The largest absolute Gasteiger partial charge is 0.464 e. The molecule has 2 heterocycles. The molecular weight excluding hydrogens is 488 g/mol. The summed E-state index contributed by atoms with van der Waals surface area (Å²) in [6.45, 7) is 1.25. The van der Waals surface area contributed by atoms with Crippen molar-refractivity contribution in [3.8, 4) is 0 Å². The van der Waals surface area contributed by atoms with Crippen molar-refractivity contribution in [1.29, 1.82) is 0 Å². The van der Waals surface area contributed by atoms with Gasteiger partial charge in [-0.3, -0.25) is 23.9 Å². The van der Waals surface area contributed by atoms with Gasteiger partial charge in [0, 0.05) is 17.5 Å². The molecule has 10 nitrogen and oxygen atoms in total. The number of aromatic nitrogens is 2. The minimum atomic E-state index is -0.796. The van der Waals surface area contributed by atoms with Crippen LogP contribution in [-0.4, -0.2) is 34.6 Å². The van der Waals surface area contributed by atoms with Crippen molar-refractivity contribution in [3.63, 3.8) is 0 Å². The number of nitrogen functional groups attached to an aromatic ring is 1. The molecule has 1 aliphatic rings. The summed E-state index contributed by atoms with van der Waals surface area (Å²) in [5.41, 5.74) is 9.30. The van der Waals surface area contributed by atoms with Crippen molar-refractivity contribution in [2.75, 3.05) is 23.8 Å². The highest BCUT2D eigenvalue weighted by molar-refractivity contribution is 5.97. The molecule has 3 N–H and O–H groups in total. The fourth-order valence-electron chi connectivity index (χ4n) is 4.93. The monoisotopic (exact) mass is 516 g/mol. The van der Waals surface area contributed by atoms with Crippen molar-refractivity contribution < 1.29 is 18.7 Å². The molecule has 0 radical (unpaired) electrons. The van der Waals surface area contributed by atoms with E-state index in [9.17, 15) is 19.2 Å². The lowest BCUT2D eigenvalue weighted by atomic mass is 10.0. The first-order chi connectivity index (χ1) is 18.4. The third-order valence-electron chi connectivity index (χ3n) is 6.84. The van der Waals surface area contributed by atoms with Crippen LogP contribution in [-0.2, 0) is 40.1 Å². The first-order valence-electron chi connectivity index (χ1n) is 12.5. The number of nitrogens with two attached hydrogens (primary N) is 1. The number of furan rings is 1. The van der Waals surface area contributed by atoms with Crippen LogP contribution in [0.5, 0.6) is 0 Å². The van der Waals surface area contributed by atoms with Crippen LogP contribution in [0.15, 0.2) is 62.7 Å². The molecule has 0 atom stereocenters. The SMILES string of the molecule is CCN(C(=O)COC(=O)Cc1coc2cc3c(cc12)CCC3)c1c(N)n(Cc2ccccc2)c(=O)[nH]c1=O. The predicted octanol–water partition coefficient (Wildman–Crippen LogP) is 2.54. The molecule has 0 spiro atoms. The highest BCUT2D eigenvalue weighted by Gasteiger charge is 2.24.